The van der Waals surface area contributed by atoms with Gasteiger partial charge in [0, 0.05) is 12.3 Å². The van der Waals surface area contributed by atoms with Gasteiger partial charge in [0.25, 0.3) is 0 Å². The van der Waals surface area contributed by atoms with Gasteiger partial charge in [-0.2, -0.15) is 4.68 Å². The van der Waals surface area contributed by atoms with Gasteiger partial charge in [-0.3, -0.25) is 0 Å². The van der Waals surface area contributed by atoms with Crippen molar-refractivity contribution in [2.75, 3.05) is 12.3 Å². The molecule has 3 aromatic carbocycles. The van der Waals surface area contributed by atoms with Gasteiger partial charge in [0.15, 0.2) is 0 Å². The van der Waals surface area contributed by atoms with Crippen LogP contribution < -0.4 is 10.1 Å². The molecule has 6 nitrogen and oxygen atoms in total. The lowest BCUT2D eigenvalue weighted by Gasteiger charge is -2.09. The summed E-state index contributed by atoms with van der Waals surface area (Å²) in [5.41, 5.74) is 3.15. The second-order valence-electron chi connectivity index (χ2n) is 7.27. The molecule has 9 heteroatoms. The SMILES string of the molecule is Clc1ccc(COc2ccc(CNCCCSc3nnnn3-c3ccccc3)cc2)cc1Cl. The Hall–Kier alpha value is -2.58. The van der Waals surface area contributed by atoms with Gasteiger partial charge in [0.1, 0.15) is 12.4 Å². The van der Waals surface area contributed by atoms with Gasteiger partial charge in [-0.1, -0.05) is 71.4 Å². The van der Waals surface area contributed by atoms with Crippen LogP contribution in [0.2, 0.25) is 10.0 Å². The van der Waals surface area contributed by atoms with E-state index in [1.807, 2.05) is 54.6 Å². The van der Waals surface area contributed by atoms with Crippen LogP contribution in [0.4, 0.5) is 0 Å². The molecule has 4 aromatic rings. The Morgan fingerprint density at radius 2 is 1.70 bits per heavy atom. The first-order chi connectivity index (χ1) is 16.2. The molecule has 0 fully saturated rings. The van der Waals surface area contributed by atoms with E-state index >= 15 is 0 Å². The van der Waals surface area contributed by atoms with Crippen LogP contribution in [0.25, 0.3) is 5.69 Å². The molecule has 1 N–H and O–H groups in total. The molecule has 4 rings (SSSR count). The number of benzene rings is 3. The van der Waals surface area contributed by atoms with Gasteiger partial charge in [0.05, 0.1) is 15.7 Å². The number of nitrogens with zero attached hydrogens (tertiary/aromatic N) is 4. The molecular formula is C24H23Cl2N5OS. The summed E-state index contributed by atoms with van der Waals surface area (Å²) in [6.45, 7) is 2.16. The van der Waals surface area contributed by atoms with Crippen molar-refractivity contribution in [1.82, 2.24) is 25.5 Å². The summed E-state index contributed by atoms with van der Waals surface area (Å²) < 4.78 is 7.60. The minimum atomic E-state index is 0.444. The molecule has 0 radical (unpaired) electrons. The molecule has 1 aromatic heterocycles. The second kappa shape index (κ2) is 12.0. The third-order valence-electron chi connectivity index (χ3n) is 4.81. The number of thioether (sulfide) groups is 1. The zero-order valence-corrected chi connectivity index (χ0v) is 20.2. The predicted molar refractivity (Wildman–Crippen MR) is 133 cm³/mol. The Morgan fingerprint density at radius 3 is 2.48 bits per heavy atom. The van der Waals surface area contributed by atoms with E-state index in [2.05, 4.69) is 33.0 Å². The number of hydrogen-bond acceptors (Lipinski definition) is 6. The summed E-state index contributed by atoms with van der Waals surface area (Å²) in [6, 6.07) is 23.5. The van der Waals surface area contributed by atoms with Gasteiger partial charge in [-0.25, -0.2) is 0 Å². The molecule has 0 saturated carbocycles. The number of tetrazole rings is 1. The Labute approximate surface area is 207 Å². The van der Waals surface area contributed by atoms with Crippen LogP contribution in [0.15, 0.2) is 78.0 Å². The van der Waals surface area contributed by atoms with E-state index in [0.717, 1.165) is 47.4 Å². The van der Waals surface area contributed by atoms with E-state index < -0.39 is 0 Å². The molecule has 33 heavy (non-hydrogen) atoms. The van der Waals surface area contributed by atoms with Crippen molar-refractivity contribution >= 4 is 35.0 Å². The molecule has 0 spiro atoms. The number of halogens is 2. The quantitative estimate of drug-likeness (QED) is 0.207. The minimum absolute atomic E-state index is 0.444. The average Bonchev–Trinajstić information content (AvgIpc) is 3.32. The van der Waals surface area contributed by atoms with Gasteiger partial charge in [0.2, 0.25) is 5.16 Å². The monoisotopic (exact) mass is 499 g/mol. The van der Waals surface area contributed by atoms with Crippen molar-refractivity contribution in [1.29, 1.82) is 0 Å². The Balaban J connectivity index is 1.14. The van der Waals surface area contributed by atoms with E-state index in [1.54, 1.807) is 22.5 Å². The second-order valence-corrected chi connectivity index (χ2v) is 9.15. The van der Waals surface area contributed by atoms with Crippen molar-refractivity contribution in [2.45, 2.75) is 24.7 Å². The van der Waals surface area contributed by atoms with Crippen LogP contribution >= 0.6 is 35.0 Å². The van der Waals surface area contributed by atoms with E-state index in [1.165, 1.54) is 5.56 Å². The first kappa shape index (κ1) is 23.6. The molecular weight excluding hydrogens is 477 g/mol. The van der Waals surface area contributed by atoms with Crippen molar-refractivity contribution < 1.29 is 4.74 Å². The Bertz CT molecular complexity index is 1160. The topological polar surface area (TPSA) is 64.9 Å². The van der Waals surface area contributed by atoms with Crippen LogP contribution in [0.5, 0.6) is 5.75 Å². The average molecular weight is 500 g/mol. The lowest BCUT2D eigenvalue weighted by atomic mass is 10.2. The van der Waals surface area contributed by atoms with Crippen LogP contribution in [0, 0.1) is 0 Å². The molecule has 0 amide bonds. The van der Waals surface area contributed by atoms with Gasteiger partial charge in [-0.05, 0) is 70.9 Å². The summed E-state index contributed by atoms with van der Waals surface area (Å²) in [4.78, 5) is 0. The highest BCUT2D eigenvalue weighted by molar-refractivity contribution is 7.99. The van der Waals surface area contributed by atoms with E-state index in [0.29, 0.717) is 16.7 Å². The van der Waals surface area contributed by atoms with Crippen molar-refractivity contribution in [3.05, 3.63) is 94.0 Å². The molecule has 0 bridgehead atoms. The molecule has 0 aliphatic rings. The fourth-order valence-electron chi connectivity index (χ4n) is 3.09. The summed E-state index contributed by atoms with van der Waals surface area (Å²) in [6.07, 6.45) is 1.01. The summed E-state index contributed by atoms with van der Waals surface area (Å²) in [7, 11) is 0. The molecule has 170 valence electrons. The maximum Gasteiger partial charge on any atom is 0.214 e. The number of aromatic nitrogens is 4. The maximum atomic E-state index is 6.05. The number of nitrogens with one attached hydrogen (secondary N) is 1. The lowest BCUT2D eigenvalue weighted by molar-refractivity contribution is 0.306. The van der Waals surface area contributed by atoms with Crippen LogP contribution in [0.1, 0.15) is 17.5 Å². The predicted octanol–water partition coefficient (Wildman–Crippen LogP) is 5.82. The van der Waals surface area contributed by atoms with Crippen molar-refractivity contribution in [3.63, 3.8) is 0 Å². The normalized spacial score (nSPS) is 11.0. The zero-order valence-electron chi connectivity index (χ0n) is 17.8. The molecule has 1 heterocycles. The smallest absolute Gasteiger partial charge is 0.214 e. The molecule has 0 aliphatic heterocycles. The fraction of sp³-hybridized carbons (Fsp3) is 0.208. The van der Waals surface area contributed by atoms with E-state index in [4.69, 9.17) is 27.9 Å². The van der Waals surface area contributed by atoms with Crippen LogP contribution in [-0.2, 0) is 13.2 Å². The standard InChI is InChI=1S/C24H23Cl2N5OS/c25-22-12-9-19(15-23(22)26)17-32-21-10-7-18(8-11-21)16-27-13-4-14-33-24-28-29-30-31(24)20-5-2-1-3-6-20/h1-3,5-12,15,27H,4,13-14,16-17H2. The molecule has 0 saturated heterocycles. The third kappa shape index (κ3) is 6.95. The highest BCUT2D eigenvalue weighted by Crippen LogP contribution is 2.23. The largest absolute Gasteiger partial charge is 0.489 e. The number of hydrogen-bond donors (Lipinski definition) is 1. The highest BCUT2D eigenvalue weighted by Gasteiger charge is 2.08. The lowest BCUT2D eigenvalue weighted by Crippen LogP contribution is -2.15. The van der Waals surface area contributed by atoms with E-state index in [9.17, 15) is 0 Å². The fourth-order valence-corrected chi connectivity index (χ4v) is 4.24. The zero-order chi connectivity index (χ0) is 22.9. The first-order valence-corrected chi connectivity index (χ1v) is 12.3. The van der Waals surface area contributed by atoms with Gasteiger partial charge >= 0.3 is 0 Å². The van der Waals surface area contributed by atoms with E-state index in [-0.39, 0.29) is 0 Å². The Kier molecular flexibility index (Phi) is 8.60. The maximum absolute atomic E-state index is 6.05. The van der Waals surface area contributed by atoms with Crippen molar-refractivity contribution in [2.24, 2.45) is 0 Å². The minimum Gasteiger partial charge on any atom is -0.489 e. The summed E-state index contributed by atoms with van der Waals surface area (Å²) in [5.74, 6) is 1.75. The molecule has 0 unspecified atom stereocenters. The summed E-state index contributed by atoms with van der Waals surface area (Å²) >= 11 is 13.7. The molecule has 0 atom stereocenters. The van der Waals surface area contributed by atoms with Gasteiger partial charge < -0.3 is 10.1 Å². The summed E-state index contributed by atoms with van der Waals surface area (Å²) in [5, 5.41) is 17.4. The number of rotatable bonds is 11. The van der Waals surface area contributed by atoms with Gasteiger partial charge in [-0.15, -0.1) is 5.10 Å². The van der Waals surface area contributed by atoms with Crippen molar-refractivity contribution in [3.8, 4) is 11.4 Å². The number of para-hydroxylation sites is 1. The van der Waals surface area contributed by atoms with Crippen LogP contribution in [0.3, 0.4) is 0 Å². The van der Waals surface area contributed by atoms with Crippen LogP contribution in [-0.4, -0.2) is 32.5 Å². The first-order valence-electron chi connectivity index (χ1n) is 10.5. The molecule has 0 aliphatic carbocycles. The number of ether oxygens (including phenoxy) is 1. The highest BCUT2D eigenvalue weighted by atomic mass is 35.5. The third-order valence-corrected chi connectivity index (χ3v) is 6.56. The Morgan fingerprint density at radius 1 is 0.909 bits per heavy atom.